The number of hydrogen-bond donors (Lipinski definition) is 1. The molecule has 0 spiro atoms. The minimum absolute atomic E-state index is 0.147. The van der Waals surface area contributed by atoms with Crippen LogP contribution in [0.4, 0.5) is 15.2 Å². The third kappa shape index (κ3) is 4.00. The molecule has 0 atom stereocenters. The number of nitrogens with zero attached hydrogens (tertiary/aromatic N) is 2. The van der Waals surface area contributed by atoms with Gasteiger partial charge in [-0.3, -0.25) is 14.9 Å². The van der Waals surface area contributed by atoms with Crippen LogP contribution >= 0.6 is 11.3 Å². The predicted molar refractivity (Wildman–Crippen MR) is 130 cm³/mol. The highest BCUT2D eigenvalue weighted by Crippen LogP contribution is 2.35. The molecule has 2 aliphatic rings. The number of halogens is 1. The maximum Gasteiger partial charge on any atom is 0.258 e. The number of ether oxygens (including phenoxy) is 2. The van der Waals surface area contributed by atoms with Gasteiger partial charge in [0.2, 0.25) is 6.79 Å². The largest absolute Gasteiger partial charge is 0.454 e. The lowest BCUT2D eigenvalue weighted by Crippen LogP contribution is -2.28. The lowest BCUT2D eigenvalue weighted by atomic mass is 10.1. The summed E-state index contributed by atoms with van der Waals surface area (Å²) >= 11 is 1.33. The van der Waals surface area contributed by atoms with Gasteiger partial charge in [0, 0.05) is 34.3 Å². The number of amides is 2. The molecule has 7 nitrogen and oxygen atoms in total. The molecule has 174 valence electrons. The van der Waals surface area contributed by atoms with Crippen LogP contribution in [0.2, 0.25) is 0 Å². The van der Waals surface area contributed by atoms with E-state index in [2.05, 4.69) is 10.3 Å². The summed E-state index contributed by atoms with van der Waals surface area (Å²) in [6, 6.07) is 16.5. The van der Waals surface area contributed by atoms with Crippen molar-refractivity contribution in [3.05, 3.63) is 88.6 Å². The molecule has 0 radical (unpaired) electrons. The summed E-state index contributed by atoms with van der Waals surface area (Å²) in [7, 11) is 0. The van der Waals surface area contributed by atoms with E-state index in [1.54, 1.807) is 29.2 Å². The second kappa shape index (κ2) is 8.52. The van der Waals surface area contributed by atoms with Crippen LogP contribution in [-0.2, 0) is 6.42 Å². The summed E-state index contributed by atoms with van der Waals surface area (Å²) in [4.78, 5) is 31.8. The molecule has 6 rings (SSSR count). The molecule has 0 fully saturated rings. The zero-order valence-corrected chi connectivity index (χ0v) is 19.1. The maximum absolute atomic E-state index is 13.6. The van der Waals surface area contributed by atoms with Gasteiger partial charge in [0.05, 0.1) is 5.69 Å². The van der Waals surface area contributed by atoms with Gasteiger partial charge in [-0.1, -0.05) is 12.1 Å². The fourth-order valence-corrected chi connectivity index (χ4v) is 4.93. The molecule has 4 aromatic rings. The van der Waals surface area contributed by atoms with E-state index in [1.807, 2.05) is 23.6 Å². The number of anilines is 2. The van der Waals surface area contributed by atoms with Crippen molar-refractivity contribution in [2.24, 2.45) is 0 Å². The van der Waals surface area contributed by atoms with Crippen LogP contribution in [0.3, 0.4) is 0 Å². The Morgan fingerprint density at radius 1 is 1.00 bits per heavy atom. The van der Waals surface area contributed by atoms with Crippen molar-refractivity contribution in [3.63, 3.8) is 0 Å². The molecule has 3 aromatic carbocycles. The Bertz CT molecular complexity index is 1490. The fourth-order valence-electron chi connectivity index (χ4n) is 4.22. The Hall–Kier alpha value is -4.24. The standard InChI is InChI=1S/C26H18FN3O4S/c27-19-3-1-2-18(11-19)25(32)30-9-8-16-10-15(4-6-21(16)30)20-13-35-26(28-20)29-24(31)17-5-7-22-23(12-17)34-14-33-22/h1-7,10-13H,8-9,14H2,(H,28,29,31). The van der Waals surface area contributed by atoms with Gasteiger partial charge in [-0.05, 0) is 60.5 Å². The van der Waals surface area contributed by atoms with Gasteiger partial charge in [0.25, 0.3) is 11.8 Å². The minimum atomic E-state index is -0.435. The van der Waals surface area contributed by atoms with E-state index in [4.69, 9.17) is 9.47 Å². The van der Waals surface area contributed by atoms with Gasteiger partial charge in [-0.15, -0.1) is 11.3 Å². The quantitative estimate of drug-likeness (QED) is 0.432. The summed E-state index contributed by atoms with van der Waals surface area (Å²) in [5.41, 5.74) is 4.23. The van der Waals surface area contributed by atoms with Crippen molar-refractivity contribution in [3.8, 4) is 22.8 Å². The Labute approximate surface area is 203 Å². The molecule has 9 heteroatoms. The molecule has 0 saturated carbocycles. The van der Waals surface area contributed by atoms with Gasteiger partial charge in [-0.2, -0.15) is 0 Å². The first-order valence-electron chi connectivity index (χ1n) is 10.9. The van der Waals surface area contributed by atoms with Gasteiger partial charge in [0.1, 0.15) is 5.82 Å². The lowest BCUT2D eigenvalue weighted by molar-refractivity contribution is 0.0987. The first-order chi connectivity index (χ1) is 17.0. The molecule has 35 heavy (non-hydrogen) atoms. The zero-order valence-electron chi connectivity index (χ0n) is 18.3. The van der Waals surface area contributed by atoms with E-state index in [0.717, 1.165) is 22.5 Å². The van der Waals surface area contributed by atoms with E-state index in [1.165, 1.54) is 29.5 Å². The van der Waals surface area contributed by atoms with Crippen LogP contribution in [-0.4, -0.2) is 30.1 Å². The molecule has 0 aliphatic carbocycles. The molecular weight excluding hydrogens is 469 g/mol. The number of aromatic nitrogens is 1. The molecule has 0 saturated heterocycles. The molecule has 2 amide bonds. The lowest BCUT2D eigenvalue weighted by Gasteiger charge is -2.17. The highest BCUT2D eigenvalue weighted by atomic mass is 32.1. The van der Waals surface area contributed by atoms with E-state index in [9.17, 15) is 14.0 Å². The van der Waals surface area contributed by atoms with Crippen molar-refractivity contribution < 1.29 is 23.5 Å². The number of carbonyl (C=O) groups excluding carboxylic acids is 2. The number of nitrogens with one attached hydrogen (secondary N) is 1. The summed E-state index contributed by atoms with van der Waals surface area (Å²) < 4.78 is 24.2. The van der Waals surface area contributed by atoms with E-state index >= 15 is 0 Å². The SMILES string of the molecule is O=C(Nc1nc(-c2ccc3c(c2)CCN3C(=O)c2cccc(F)c2)cs1)c1ccc2c(c1)OCO2. The van der Waals surface area contributed by atoms with Crippen molar-refractivity contribution in [2.45, 2.75) is 6.42 Å². The summed E-state index contributed by atoms with van der Waals surface area (Å²) in [6.07, 6.45) is 0.697. The van der Waals surface area contributed by atoms with Gasteiger partial charge < -0.3 is 14.4 Å². The Morgan fingerprint density at radius 2 is 1.89 bits per heavy atom. The topological polar surface area (TPSA) is 80.8 Å². The van der Waals surface area contributed by atoms with Crippen LogP contribution in [0.5, 0.6) is 11.5 Å². The maximum atomic E-state index is 13.6. The molecule has 2 aliphatic heterocycles. The number of fused-ring (bicyclic) bond motifs is 2. The normalized spacial score (nSPS) is 13.6. The summed E-state index contributed by atoms with van der Waals surface area (Å²) in [6.45, 7) is 0.676. The monoisotopic (exact) mass is 487 g/mol. The summed E-state index contributed by atoms with van der Waals surface area (Å²) in [5.74, 6) is 0.213. The van der Waals surface area contributed by atoms with Gasteiger partial charge in [0.15, 0.2) is 16.6 Å². The van der Waals surface area contributed by atoms with E-state index in [-0.39, 0.29) is 18.6 Å². The van der Waals surface area contributed by atoms with Crippen LogP contribution in [0.25, 0.3) is 11.3 Å². The molecule has 1 N–H and O–H groups in total. The summed E-state index contributed by atoms with van der Waals surface area (Å²) in [5, 5.41) is 5.18. The van der Waals surface area contributed by atoms with Crippen LogP contribution in [0, 0.1) is 5.82 Å². The highest BCUT2D eigenvalue weighted by Gasteiger charge is 2.26. The molecule has 3 heterocycles. The molecular formula is C26H18FN3O4S. The second-order valence-electron chi connectivity index (χ2n) is 8.12. The number of rotatable bonds is 4. The number of thiazole rings is 1. The smallest absolute Gasteiger partial charge is 0.258 e. The molecule has 0 bridgehead atoms. The number of hydrogen-bond acceptors (Lipinski definition) is 6. The van der Waals surface area contributed by atoms with Crippen molar-refractivity contribution in [1.82, 2.24) is 4.98 Å². The second-order valence-corrected chi connectivity index (χ2v) is 8.98. The van der Waals surface area contributed by atoms with Crippen molar-refractivity contribution in [1.29, 1.82) is 0 Å². The predicted octanol–water partition coefficient (Wildman–Crippen LogP) is 5.13. The molecule has 0 unspecified atom stereocenters. The van der Waals surface area contributed by atoms with Crippen molar-refractivity contribution >= 4 is 34.0 Å². The first kappa shape index (κ1) is 21.3. The average molecular weight is 488 g/mol. The third-order valence-corrected chi connectivity index (χ3v) is 6.70. The molecule has 1 aromatic heterocycles. The Balaban J connectivity index is 1.18. The van der Waals surface area contributed by atoms with Gasteiger partial charge in [-0.25, -0.2) is 9.37 Å². The average Bonchev–Trinajstić information content (AvgIpc) is 3.62. The fraction of sp³-hybridized carbons (Fsp3) is 0.115. The van der Waals surface area contributed by atoms with Crippen LogP contribution < -0.4 is 19.7 Å². The third-order valence-electron chi connectivity index (χ3n) is 5.95. The zero-order chi connectivity index (χ0) is 23.9. The number of benzene rings is 3. The van der Waals surface area contributed by atoms with Crippen LogP contribution in [0.15, 0.2) is 66.0 Å². The Morgan fingerprint density at radius 3 is 2.77 bits per heavy atom. The Kier molecular flexibility index (Phi) is 5.18. The van der Waals surface area contributed by atoms with E-state index < -0.39 is 5.82 Å². The first-order valence-corrected chi connectivity index (χ1v) is 11.8. The number of carbonyl (C=O) groups is 2. The highest BCUT2D eigenvalue weighted by molar-refractivity contribution is 7.14. The van der Waals surface area contributed by atoms with Crippen LogP contribution in [0.1, 0.15) is 26.3 Å². The van der Waals surface area contributed by atoms with Crippen molar-refractivity contribution in [2.75, 3.05) is 23.6 Å². The van der Waals surface area contributed by atoms with E-state index in [0.29, 0.717) is 40.7 Å². The van der Waals surface area contributed by atoms with Gasteiger partial charge >= 0.3 is 0 Å². The minimum Gasteiger partial charge on any atom is -0.454 e.